The van der Waals surface area contributed by atoms with Gasteiger partial charge >= 0.3 is 0 Å². The molecule has 0 spiro atoms. The number of rotatable bonds is 6. The van der Waals surface area contributed by atoms with Crippen LogP contribution < -0.4 is 25.4 Å². The van der Waals surface area contributed by atoms with Crippen molar-refractivity contribution >= 4 is 22.9 Å². The van der Waals surface area contributed by atoms with Crippen molar-refractivity contribution in [3.05, 3.63) is 54.5 Å². The molecule has 10 heteroatoms. The molecule has 3 N–H and O–H groups in total. The number of pyridine rings is 1. The van der Waals surface area contributed by atoms with Crippen LogP contribution in [0.5, 0.6) is 11.5 Å². The molecule has 4 heterocycles. The number of hydrogen-bond donors (Lipinski definition) is 2. The van der Waals surface area contributed by atoms with Crippen LogP contribution in [0.25, 0.3) is 22.4 Å². The first-order valence-corrected chi connectivity index (χ1v) is 11.1. The average Bonchev–Trinajstić information content (AvgIpc) is 2.88. The standard InChI is InChI=1S/C24H26N8O2/c1-33-19-7-6-15(11-20(19)34-2)18-14-28-22-21(29-18)23(31-24(25)30-22)32-10-9-26-13-17(32)12-16-5-3-4-8-27-16/h3-8,11,14,17,26H,9-10,12-13H2,1-2H3,(H2,25,28,30,31). The Bertz CT molecular complexity index is 1300. The molecule has 1 aliphatic heterocycles. The lowest BCUT2D eigenvalue weighted by Crippen LogP contribution is -2.53. The summed E-state index contributed by atoms with van der Waals surface area (Å²) in [7, 11) is 3.21. The van der Waals surface area contributed by atoms with Crippen molar-refractivity contribution in [1.82, 2.24) is 30.2 Å². The van der Waals surface area contributed by atoms with Gasteiger partial charge < -0.3 is 25.4 Å². The molecule has 1 aromatic carbocycles. The second-order valence-corrected chi connectivity index (χ2v) is 7.98. The molecule has 0 saturated carbocycles. The number of nitrogens with zero attached hydrogens (tertiary/aromatic N) is 6. The van der Waals surface area contributed by atoms with Gasteiger partial charge in [0.05, 0.1) is 26.1 Å². The summed E-state index contributed by atoms with van der Waals surface area (Å²) in [4.78, 5) is 25.2. The molecule has 34 heavy (non-hydrogen) atoms. The van der Waals surface area contributed by atoms with Gasteiger partial charge in [-0.05, 0) is 30.3 Å². The Morgan fingerprint density at radius 2 is 1.94 bits per heavy atom. The fourth-order valence-corrected chi connectivity index (χ4v) is 4.23. The molecule has 174 valence electrons. The van der Waals surface area contributed by atoms with Gasteiger partial charge in [0, 0.05) is 49.6 Å². The normalized spacial score (nSPS) is 15.9. The van der Waals surface area contributed by atoms with E-state index in [0.29, 0.717) is 34.2 Å². The minimum Gasteiger partial charge on any atom is -0.493 e. The van der Waals surface area contributed by atoms with E-state index < -0.39 is 0 Å². The van der Waals surface area contributed by atoms with Crippen LogP contribution in [0.1, 0.15) is 5.69 Å². The lowest BCUT2D eigenvalue weighted by atomic mass is 10.1. The number of aromatic nitrogens is 5. The van der Waals surface area contributed by atoms with E-state index in [1.807, 2.05) is 42.6 Å². The van der Waals surface area contributed by atoms with E-state index in [1.165, 1.54) is 0 Å². The Balaban J connectivity index is 1.57. The number of benzene rings is 1. The number of anilines is 2. The third kappa shape index (κ3) is 4.27. The quantitative estimate of drug-likeness (QED) is 0.444. The second-order valence-electron chi connectivity index (χ2n) is 7.98. The monoisotopic (exact) mass is 458 g/mol. The summed E-state index contributed by atoms with van der Waals surface area (Å²) < 4.78 is 10.8. The van der Waals surface area contributed by atoms with Crippen LogP contribution >= 0.6 is 0 Å². The summed E-state index contributed by atoms with van der Waals surface area (Å²) in [6.07, 6.45) is 4.26. The van der Waals surface area contributed by atoms with Crippen molar-refractivity contribution in [2.24, 2.45) is 0 Å². The lowest BCUT2D eigenvalue weighted by Gasteiger charge is -2.37. The predicted molar refractivity (Wildman–Crippen MR) is 130 cm³/mol. The molecule has 1 fully saturated rings. The Labute approximate surface area is 197 Å². The van der Waals surface area contributed by atoms with Gasteiger partial charge in [-0.1, -0.05) is 6.07 Å². The minimum absolute atomic E-state index is 0.132. The molecule has 3 aromatic heterocycles. The number of hydrogen-bond acceptors (Lipinski definition) is 10. The van der Waals surface area contributed by atoms with Gasteiger partial charge in [0.1, 0.15) is 0 Å². The highest BCUT2D eigenvalue weighted by Gasteiger charge is 2.27. The Hall–Kier alpha value is -4.05. The highest BCUT2D eigenvalue weighted by atomic mass is 16.5. The van der Waals surface area contributed by atoms with Crippen molar-refractivity contribution in [3.63, 3.8) is 0 Å². The van der Waals surface area contributed by atoms with Crippen LogP contribution in [0.2, 0.25) is 0 Å². The molecule has 10 nitrogen and oxygen atoms in total. The van der Waals surface area contributed by atoms with Crippen LogP contribution in [-0.2, 0) is 6.42 Å². The molecule has 4 aromatic rings. The van der Waals surface area contributed by atoms with E-state index >= 15 is 0 Å². The number of piperazine rings is 1. The smallest absolute Gasteiger partial charge is 0.224 e. The highest BCUT2D eigenvalue weighted by molar-refractivity contribution is 5.86. The molecule has 1 unspecified atom stereocenters. The topological polar surface area (TPSA) is 124 Å². The van der Waals surface area contributed by atoms with E-state index in [9.17, 15) is 0 Å². The number of nitrogen functional groups attached to an aromatic ring is 1. The molecule has 1 aliphatic rings. The van der Waals surface area contributed by atoms with E-state index in [2.05, 4.69) is 30.2 Å². The van der Waals surface area contributed by atoms with Crippen molar-refractivity contribution in [1.29, 1.82) is 0 Å². The molecule has 0 aliphatic carbocycles. The van der Waals surface area contributed by atoms with Crippen molar-refractivity contribution in [3.8, 4) is 22.8 Å². The Morgan fingerprint density at radius 3 is 2.74 bits per heavy atom. The molecular weight excluding hydrogens is 432 g/mol. The predicted octanol–water partition coefficient (Wildman–Crippen LogP) is 2.10. The zero-order valence-corrected chi connectivity index (χ0v) is 19.1. The van der Waals surface area contributed by atoms with E-state index in [4.69, 9.17) is 20.2 Å². The molecule has 0 amide bonds. The molecule has 0 radical (unpaired) electrons. The van der Waals surface area contributed by atoms with Gasteiger partial charge in [-0.3, -0.25) is 4.98 Å². The summed E-state index contributed by atoms with van der Waals surface area (Å²) in [6.45, 7) is 2.38. The molecule has 1 atom stereocenters. The molecule has 0 bridgehead atoms. The van der Waals surface area contributed by atoms with Crippen molar-refractivity contribution in [2.45, 2.75) is 12.5 Å². The molecule has 1 saturated heterocycles. The maximum Gasteiger partial charge on any atom is 0.224 e. The number of fused-ring (bicyclic) bond motifs is 1. The Kier molecular flexibility index (Phi) is 6.05. The van der Waals surface area contributed by atoms with Gasteiger partial charge in [0.25, 0.3) is 0 Å². The van der Waals surface area contributed by atoms with Crippen LogP contribution in [0, 0.1) is 0 Å². The number of ether oxygens (including phenoxy) is 2. The fraction of sp³-hybridized carbons (Fsp3) is 0.292. The van der Waals surface area contributed by atoms with E-state index in [-0.39, 0.29) is 12.0 Å². The van der Waals surface area contributed by atoms with Crippen molar-refractivity contribution in [2.75, 3.05) is 44.5 Å². The second kappa shape index (κ2) is 9.44. The Morgan fingerprint density at radius 1 is 1.06 bits per heavy atom. The largest absolute Gasteiger partial charge is 0.493 e. The first-order chi connectivity index (χ1) is 16.7. The number of nitrogens with two attached hydrogens (primary N) is 1. The van der Waals surface area contributed by atoms with Gasteiger partial charge in [0.15, 0.2) is 28.5 Å². The van der Waals surface area contributed by atoms with Gasteiger partial charge in [-0.15, -0.1) is 0 Å². The third-order valence-electron chi connectivity index (χ3n) is 5.88. The van der Waals surface area contributed by atoms with Crippen LogP contribution in [-0.4, -0.2) is 64.8 Å². The summed E-state index contributed by atoms with van der Waals surface area (Å²) in [5, 5.41) is 3.47. The maximum atomic E-state index is 6.07. The average molecular weight is 459 g/mol. The summed E-state index contributed by atoms with van der Waals surface area (Å²) in [5.74, 6) is 2.12. The van der Waals surface area contributed by atoms with E-state index in [0.717, 1.165) is 37.3 Å². The lowest BCUT2D eigenvalue weighted by molar-refractivity contribution is 0.355. The first kappa shape index (κ1) is 21.8. The van der Waals surface area contributed by atoms with Crippen molar-refractivity contribution < 1.29 is 9.47 Å². The summed E-state index contributed by atoms with van der Waals surface area (Å²) >= 11 is 0. The highest BCUT2D eigenvalue weighted by Crippen LogP contribution is 2.33. The van der Waals surface area contributed by atoms with Crippen LogP contribution in [0.15, 0.2) is 48.8 Å². The third-order valence-corrected chi connectivity index (χ3v) is 5.88. The number of nitrogens with one attached hydrogen (secondary N) is 1. The van der Waals surface area contributed by atoms with Gasteiger partial charge in [-0.25, -0.2) is 9.97 Å². The molecule has 5 rings (SSSR count). The minimum atomic E-state index is 0.132. The molecular formula is C24H26N8O2. The fourth-order valence-electron chi connectivity index (χ4n) is 4.23. The SMILES string of the molecule is COc1ccc(-c2cnc3nc(N)nc(N4CCNCC4Cc4ccccn4)c3n2)cc1OC. The van der Waals surface area contributed by atoms with Gasteiger partial charge in [-0.2, -0.15) is 9.97 Å². The maximum absolute atomic E-state index is 6.07. The van der Waals surface area contributed by atoms with Crippen LogP contribution in [0.3, 0.4) is 0 Å². The number of methoxy groups -OCH3 is 2. The van der Waals surface area contributed by atoms with Gasteiger partial charge in [0.2, 0.25) is 5.95 Å². The van der Waals surface area contributed by atoms with Crippen LogP contribution in [0.4, 0.5) is 11.8 Å². The van der Waals surface area contributed by atoms with E-state index in [1.54, 1.807) is 20.4 Å². The zero-order valence-electron chi connectivity index (χ0n) is 19.1. The summed E-state index contributed by atoms with van der Waals surface area (Å²) in [5.41, 5.74) is 9.68. The zero-order chi connectivity index (χ0) is 23.5. The first-order valence-electron chi connectivity index (χ1n) is 11.1. The summed E-state index contributed by atoms with van der Waals surface area (Å²) in [6, 6.07) is 11.7.